The smallest absolute Gasteiger partial charge is 0.142 e. The SMILES string of the molecule is N#Cc1c(-c2ccc(Br)s2)cc(-c2ccc(Cl)cc2Cl)nc1N. The van der Waals surface area contributed by atoms with E-state index in [0.29, 0.717) is 26.9 Å². The summed E-state index contributed by atoms with van der Waals surface area (Å²) in [5.41, 5.74) is 8.38. The van der Waals surface area contributed by atoms with Crippen LogP contribution in [-0.4, -0.2) is 4.98 Å². The van der Waals surface area contributed by atoms with Gasteiger partial charge in [-0.25, -0.2) is 4.98 Å². The molecule has 0 spiro atoms. The molecule has 0 aliphatic heterocycles. The fraction of sp³-hybridized carbons (Fsp3) is 0. The Labute approximate surface area is 155 Å². The van der Waals surface area contributed by atoms with Crippen LogP contribution in [0.5, 0.6) is 0 Å². The number of nitriles is 1. The highest BCUT2D eigenvalue weighted by molar-refractivity contribution is 9.11. The molecule has 0 atom stereocenters. The first-order valence-electron chi connectivity index (χ1n) is 6.41. The van der Waals surface area contributed by atoms with E-state index in [2.05, 4.69) is 27.0 Å². The summed E-state index contributed by atoms with van der Waals surface area (Å²) in [4.78, 5) is 5.24. The second-order valence-electron chi connectivity index (χ2n) is 4.66. The second-order valence-corrected chi connectivity index (χ2v) is 7.96. The van der Waals surface area contributed by atoms with Gasteiger partial charge in [-0.05, 0) is 52.3 Å². The summed E-state index contributed by atoms with van der Waals surface area (Å²) in [5.74, 6) is 0.176. The van der Waals surface area contributed by atoms with Crippen molar-refractivity contribution in [2.45, 2.75) is 0 Å². The average molecular weight is 425 g/mol. The lowest BCUT2D eigenvalue weighted by Crippen LogP contribution is -1.99. The maximum atomic E-state index is 9.40. The lowest BCUT2D eigenvalue weighted by Gasteiger charge is -2.10. The molecule has 114 valence electrons. The zero-order chi connectivity index (χ0) is 16.6. The Morgan fingerprint density at radius 1 is 1.13 bits per heavy atom. The van der Waals surface area contributed by atoms with Gasteiger partial charge in [-0.2, -0.15) is 5.26 Å². The first kappa shape index (κ1) is 16.3. The van der Waals surface area contributed by atoms with Gasteiger partial charge in [0.15, 0.2) is 0 Å². The molecule has 3 aromatic rings. The van der Waals surface area contributed by atoms with E-state index in [4.69, 9.17) is 28.9 Å². The molecule has 0 unspecified atom stereocenters. The maximum absolute atomic E-state index is 9.40. The Hall–Kier alpha value is -1.58. The van der Waals surface area contributed by atoms with Crippen molar-refractivity contribution in [2.24, 2.45) is 0 Å². The van der Waals surface area contributed by atoms with Crippen molar-refractivity contribution in [3.8, 4) is 27.8 Å². The zero-order valence-electron chi connectivity index (χ0n) is 11.5. The van der Waals surface area contributed by atoms with Crippen LogP contribution in [0.25, 0.3) is 21.7 Å². The third kappa shape index (κ3) is 3.22. The lowest BCUT2D eigenvalue weighted by atomic mass is 10.0. The van der Waals surface area contributed by atoms with Gasteiger partial charge in [0.1, 0.15) is 17.5 Å². The van der Waals surface area contributed by atoms with Crippen LogP contribution < -0.4 is 5.73 Å². The van der Waals surface area contributed by atoms with Gasteiger partial charge in [-0.3, -0.25) is 0 Å². The molecule has 1 aromatic carbocycles. The third-order valence-corrected chi connectivity index (χ3v) is 5.41. The Morgan fingerprint density at radius 2 is 1.91 bits per heavy atom. The fourth-order valence-corrected chi connectivity index (χ4v) is 4.08. The minimum absolute atomic E-state index is 0.176. The highest BCUT2D eigenvalue weighted by atomic mass is 79.9. The molecule has 2 N–H and O–H groups in total. The van der Waals surface area contributed by atoms with Crippen LogP contribution in [0.1, 0.15) is 5.56 Å². The number of anilines is 1. The van der Waals surface area contributed by atoms with Gasteiger partial charge in [0.25, 0.3) is 0 Å². The summed E-state index contributed by atoms with van der Waals surface area (Å²) in [7, 11) is 0. The molecule has 3 rings (SSSR count). The highest BCUT2D eigenvalue weighted by Gasteiger charge is 2.16. The van der Waals surface area contributed by atoms with E-state index in [1.807, 2.05) is 18.2 Å². The molecular formula is C16H8BrCl2N3S. The fourth-order valence-electron chi connectivity index (χ4n) is 2.17. The van der Waals surface area contributed by atoms with Gasteiger partial charge >= 0.3 is 0 Å². The number of nitrogens with two attached hydrogens (primary N) is 1. The molecule has 0 saturated heterocycles. The molecule has 0 fully saturated rings. The van der Waals surface area contributed by atoms with Crippen LogP contribution in [0, 0.1) is 11.3 Å². The molecule has 3 nitrogen and oxygen atoms in total. The van der Waals surface area contributed by atoms with Gasteiger partial charge in [-0.15, -0.1) is 11.3 Å². The molecule has 0 saturated carbocycles. The van der Waals surface area contributed by atoms with Gasteiger partial charge in [0.2, 0.25) is 0 Å². The van der Waals surface area contributed by atoms with Crippen molar-refractivity contribution in [1.82, 2.24) is 4.98 Å². The minimum Gasteiger partial charge on any atom is -0.383 e. The monoisotopic (exact) mass is 423 g/mol. The largest absolute Gasteiger partial charge is 0.383 e. The van der Waals surface area contributed by atoms with E-state index in [1.165, 1.54) is 11.3 Å². The first-order chi connectivity index (χ1) is 11.0. The van der Waals surface area contributed by atoms with E-state index in [-0.39, 0.29) is 5.82 Å². The predicted molar refractivity (Wildman–Crippen MR) is 99.8 cm³/mol. The number of rotatable bonds is 2. The number of hydrogen-bond donors (Lipinski definition) is 1. The van der Waals surface area contributed by atoms with Crippen molar-refractivity contribution in [3.63, 3.8) is 0 Å². The third-order valence-electron chi connectivity index (χ3n) is 3.20. The quantitative estimate of drug-likeness (QED) is 0.548. The summed E-state index contributed by atoms with van der Waals surface area (Å²) in [6.45, 7) is 0. The predicted octanol–water partition coefficient (Wildman–Crippen LogP) is 6.00. The molecule has 0 bridgehead atoms. The topological polar surface area (TPSA) is 62.7 Å². The van der Waals surface area contributed by atoms with Crippen LogP contribution >= 0.6 is 50.5 Å². The Kier molecular flexibility index (Phi) is 4.60. The van der Waals surface area contributed by atoms with Crippen LogP contribution in [0.2, 0.25) is 10.0 Å². The number of aromatic nitrogens is 1. The second kappa shape index (κ2) is 6.50. The Balaban J connectivity index is 2.24. The lowest BCUT2D eigenvalue weighted by molar-refractivity contribution is 1.31. The average Bonchev–Trinajstić information content (AvgIpc) is 2.93. The van der Waals surface area contributed by atoms with E-state index in [1.54, 1.807) is 18.2 Å². The summed E-state index contributed by atoms with van der Waals surface area (Å²) in [5, 5.41) is 10.4. The van der Waals surface area contributed by atoms with Gasteiger partial charge in [0.05, 0.1) is 14.5 Å². The van der Waals surface area contributed by atoms with Crippen molar-refractivity contribution in [3.05, 3.63) is 55.8 Å². The van der Waals surface area contributed by atoms with E-state index in [0.717, 1.165) is 14.2 Å². The molecular weight excluding hydrogens is 417 g/mol. The van der Waals surface area contributed by atoms with Crippen molar-refractivity contribution >= 4 is 56.3 Å². The van der Waals surface area contributed by atoms with Gasteiger partial charge in [0, 0.05) is 21.0 Å². The molecule has 0 aliphatic rings. The number of nitrogens with zero attached hydrogens (tertiary/aromatic N) is 2. The molecule has 23 heavy (non-hydrogen) atoms. The van der Waals surface area contributed by atoms with E-state index < -0.39 is 0 Å². The molecule has 2 heterocycles. The van der Waals surface area contributed by atoms with Crippen LogP contribution in [-0.2, 0) is 0 Å². The number of benzene rings is 1. The Bertz CT molecular complexity index is 947. The summed E-state index contributed by atoms with van der Waals surface area (Å²) < 4.78 is 0.970. The summed E-state index contributed by atoms with van der Waals surface area (Å²) in [6.07, 6.45) is 0. The van der Waals surface area contributed by atoms with Gasteiger partial charge in [-0.1, -0.05) is 23.2 Å². The maximum Gasteiger partial charge on any atom is 0.142 e. The molecule has 0 aliphatic carbocycles. The number of halogens is 3. The van der Waals surface area contributed by atoms with Crippen molar-refractivity contribution in [1.29, 1.82) is 5.26 Å². The zero-order valence-corrected chi connectivity index (χ0v) is 15.4. The van der Waals surface area contributed by atoms with Crippen molar-refractivity contribution in [2.75, 3.05) is 5.73 Å². The highest BCUT2D eigenvalue weighted by Crippen LogP contribution is 2.38. The first-order valence-corrected chi connectivity index (χ1v) is 8.78. The van der Waals surface area contributed by atoms with E-state index in [9.17, 15) is 5.26 Å². The Morgan fingerprint density at radius 3 is 2.52 bits per heavy atom. The van der Waals surface area contributed by atoms with E-state index >= 15 is 0 Å². The molecule has 0 amide bonds. The standard InChI is InChI=1S/C16H8BrCl2N3S/c17-15-4-3-14(23-15)10-6-13(22-16(21)11(10)7-20)9-2-1-8(18)5-12(9)19/h1-6H,(H2,21,22). The number of thiophene rings is 1. The summed E-state index contributed by atoms with van der Waals surface area (Å²) >= 11 is 17.1. The molecule has 7 heteroatoms. The van der Waals surface area contributed by atoms with Gasteiger partial charge < -0.3 is 5.73 Å². The van der Waals surface area contributed by atoms with Crippen LogP contribution in [0.3, 0.4) is 0 Å². The van der Waals surface area contributed by atoms with Crippen molar-refractivity contribution < 1.29 is 0 Å². The molecule has 0 radical (unpaired) electrons. The summed E-state index contributed by atoms with van der Waals surface area (Å²) in [6, 6.07) is 13.0. The van der Waals surface area contributed by atoms with Crippen LogP contribution in [0.15, 0.2) is 40.2 Å². The molecule has 2 aromatic heterocycles. The van der Waals surface area contributed by atoms with Crippen LogP contribution in [0.4, 0.5) is 5.82 Å². The number of pyridine rings is 1. The number of hydrogen-bond acceptors (Lipinski definition) is 4. The normalized spacial score (nSPS) is 10.5. The number of nitrogen functional groups attached to an aromatic ring is 1. The minimum atomic E-state index is 0.176.